The van der Waals surface area contributed by atoms with Gasteiger partial charge in [-0.1, -0.05) is 31.5 Å². The van der Waals surface area contributed by atoms with E-state index >= 15 is 0 Å². The standard InChI is InChI=1S/C10H16OS/c1-9(2)12-8-5-10-3-6-11-7-4-10/h9-10H,3-4,6-7H2,1-2H3. The molecule has 1 aliphatic rings. The molecule has 12 heavy (non-hydrogen) atoms. The van der Waals surface area contributed by atoms with Gasteiger partial charge in [0.25, 0.3) is 0 Å². The Morgan fingerprint density at radius 2 is 2.00 bits per heavy atom. The van der Waals surface area contributed by atoms with Crippen LogP contribution in [0.2, 0.25) is 0 Å². The zero-order valence-electron chi connectivity index (χ0n) is 7.80. The summed E-state index contributed by atoms with van der Waals surface area (Å²) in [6.07, 6.45) is 2.23. The highest BCUT2D eigenvalue weighted by Crippen LogP contribution is 2.14. The van der Waals surface area contributed by atoms with E-state index in [2.05, 4.69) is 25.0 Å². The highest BCUT2D eigenvalue weighted by Gasteiger charge is 2.09. The molecular weight excluding hydrogens is 168 g/mol. The molecule has 0 bridgehead atoms. The van der Waals surface area contributed by atoms with Gasteiger partial charge in [-0.05, 0) is 18.1 Å². The van der Waals surface area contributed by atoms with Crippen LogP contribution in [-0.2, 0) is 4.74 Å². The second-order valence-corrected chi connectivity index (χ2v) is 4.68. The number of hydrogen-bond acceptors (Lipinski definition) is 2. The second-order valence-electron chi connectivity index (χ2n) is 3.30. The Morgan fingerprint density at radius 1 is 1.33 bits per heavy atom. The average molecular weight is 184 g/mol. The van der Waals surface area contributed by atoms with Gasteiger partial charge in [0.2, 0.25) is 0 Å². The molecule has 1 saturated heterocycles. The summed E-state index contributed by atoms with van der Waals surface area (Å²) in [7, 11) is 0. The molecule has 0 amide bonds. The Bertz CT molecular complexity index is 172. The van der Waals surface area contributed by atoms with Gasteiger partial charge in [0, 0.05) is 24.4 Å². The topological polar surface area (TPSA) is 9.23 Å². The van der Waals surface area contributed by atoms with Crippen LogP contribution in [0.3, 0.4) is 0 Å². The Kier molecular flexibility index (Phi) is 4.57. The van der Waals surface area contributed by atoms with Crippen LogP contribution in [0.4, 0.5) is 0 Å². The van der Waals surface area contributed by atoms with Gasteiger partial charge >= 0.3 is 0 Å². The minimum Gasteiger partial charge on any atom is -0.381 e. The van der Waals surface area contributed by atoms with Crippen molar-refractivity contribution < 1.29 is 4.74 Å². The molecule has 0 saturated carbocycles. The van der Waals surface area contributed by atoms with Crippen molar-refractivity contribution in [1.82, 2.24) is 0 Å². The van der Waals surface area contributed by atoms with E-state index in [-0.39, 0.29) is 0 Å². The summed E-state index contributed by atoms with van der Waals surface area (Å²) in [4.78, 5) is 0. The third-order valence-electron chi connectivity index (χ3n) is 1.78. The van der Waals surface area contributed by atoms with E-state index < -0.39 is 0 Å². The summed E-state index contributed by atoms with van der Waals surface area (Å²) in [5, 5.41) is 3.79. The number of rotatable bonds is 1. The van der Waals surface area contributed by atoms with Gasteiger partial charge in [-0.3, -0.25) is 0 Å². The third kappa shape index (κ3) is 4.04. The molecule has 0 spiro atoms. The molecule has 1 aliphatic heterocycles. The first-order valence-corrected chi connectivity index (χ1v) is 5.41. The van der Waals surface area contributed by atoms with Crippen molar-refractivity contribution in [2.45, 2.75) is 31.9 Å². The highest BCUT2D eigenvalue weighted by molar-refractivity contribution is 8.04. The lowest BCUT2D eigenvalue weighted by Gasteiger charge is -2.16. The van der Waals surface area contributed by atoms with Crippen LogP contribution in [0.1, 0.15) is 26.7 Å². The van der Waals surface area contributed by atoms with Crippen molar-refractivity contribution in [3.05, 3.63) is 0 Å². The smallest absolute Gasteiger partial charge is 0.0477 e. The maximum atomic E-state index is 5.25. The van der Waals surface area contributed by atoms with E-state index in [1.54, 1.807) is 11.8 Å². The normalized spacial score (nSPS) is 18.9. The van der Waals surface area contributed by atoms with Gasteiger partial charge in [0.15, 0.2) is 0 Å². The van der Waals surface area contributed by atoms with E-state index in [9.17, 15) is 0 Å². The lowest BCUT2D eigenvalue weighted by Crippen LogP contribution is -2.13. The van der Waals surface area contributed by atoms with Crippen molar-refractivity contribution in [1.29, 1.82) is 0 Å². The molecule has 1 rings (SSSR count). The summed E-state index contributed by atoms with van der Waals surface area (Å²) >= 11 is 1.72. The van der Waals surface area contributed by atoms with Crippen LogP contribution in [-0.4, -0.2) is 18.5 Å². The predicted octanol–water partition coefficient (Wildman–Crippen LogP) is 2.52. The van der Waals surface area contributed by atoms with Crippen LogP contribution in [0.15, 0.2) is 0 Å². The molecule has 0 atom stereocenters. The number of thioether (sulfide) groups is 1. The van der Waals surface area contributed by atoms with E-state index in [1.165, 1.54) is 0 Å². The van der Waals surface area contributed by atoms with Gasteiger partial charge in [-0.15, -0.1) is 0 Å². The Labute approximate surface area is 79.3 Å². The minimum absolute atomic E-state index is 0.588. The molecule has 0 N–H and O–H groups in total. The fourth-order valence-corrected chi connectivity index (χ4v) is 1.55. The van der Waals surface area contributed by atoms with E-state index in [0.717, 1.165) is 26.1 Å². The number of hydrogen-bond donors (Lipinski definition) is 0. The fourth-order valence-electron chi connectivity index (χ4n) is 1.08. The second kappa shape index (κ2) is 5.50. The van der Waals surface area contributed by atoms with Crippen molar-refractivity contribution in [2.75, 3.05) is 13.2 Å². The van der Waals surface area contributed by atoms with Crippen LogP contribution in [0, 0.1) is 17.1 Å². The molecule has 0 radical (unpaired) electrons. The molecule has 1 nitrogen and oxygen atoms in total. The van der Waals surface area contributed by atoms with E-state index in [4.69, 9.17) is 4.74 Å². The van der Waals surface area contributed by atoms with E-state index in [0.29, 0.717) is 11.2 Å². The predicted molar refractivity (Wildman–Crippen MR) is 54.0 cm³/mol. The summed E-state index contributed by atoms with van der Waals surface area (Å²) in [6, 6.07) is 0. The zero-order valence-corrected chi connectivity index (χ0v) is 8.62. The molecule has 0 aliphatic carbocycles. The maximum absolute atomic E-state index is 5.25. The van der Waals surface area contributed by atoms with Gasteiger partial charge in [-0.2, -0.15) is 0 Å². The first-order chi connectivity index (χ1) is 5.79. The molecule has 0 aromatic heterocycles. The number of ether oxygens (including phenoxy) is 1. The van der Waals surface area contributed by atoms with Crippen molar-refractivity contribution >= 4 is 11.8 Å². The van der Waals surface area contributed by atoms with Gasteiger partial charge in [0.1, 0.15) is 0 Å². The molecule has 0 unspecified atom stereocenters. The van der Waals surface area contributed by atoms with Gasteiger partial charge < -0.3 is 4.74 Å². The highest BCUT2D eigenvalue weighted by atomic mass is 32.2. The molecular formula is C10H16OS. The lowest BCUT2D eigenvalue weighted by molar-refractivity contribution is 0.0807. The Morgan fingerprint density at radius 3 is 2.58 bits per heavy atom. The monoisotopic (exact) mass is 184 g/mol. The molecule has 2 heteroatoms. The van der Waals surface area contributed by atoms with Crippen LogP contribution >= 0.6 is 11.8 Å². The van der Waals surface area contributed by atoms with Crippen molar-refractivity contribution in [3.63, 3.8) is 0 Å². The fraction of sp³-hybridized carbons (Fsp3) is 0.800. The zero-order chi connectivity index (χ0) is 8.81. The Hall–Kier alpha value is -0.130. The molecule has 1 fully saturated rings. The summed E-state index contributed by atoms with van der Waals surface area (Å²) in [6.45, 7) is 6.13. The average Bonchev–Trinajstić information content (AvgIpc) is 2.05. The largest absolute Gasteiger partial charge is 0.381 e. The molecule has 1 heterocycles. The van der Waals surface area contributed by atoms with Crippen molar-refractivity contribution in [2.24, 2.45) is 5.92 Å². The lowest BCUT2D eigenvalue weighted by atomic mass is 10.0. The van der Waals surface area contributed by atoms with Crippen LogP contribution in [0.25, 0.3) is 0 Å². The van der Waals surface area contributed by atoms with Crippen LogP contribution < -0.4 is 0 Å². The summed E-state index contributed by atoms with van der Waals surface area (Å²) < 4.78 is 5.25. The van der Waals surface area contributed by atoms with Crippen LogP contribution in [0.5, 0.6) is 0 Å². The first kappa shape index (κ1) is 9.95. The van der Waals surface area contributed by atoms with Crippen molar-refractivity contribution in [3.8, 4) is 11.2 Å². The quantitative estimate of drug-likeness (QED) is 0.579. The maximum Gasteiger partial charge on any atom is 0.0477 e. The van der Waals surface area contributed by atoms with E-state index in [1.807, 2.05) is 0 Å². The SMILES string of the molecule is CC(C)SC#CC1CCOCC1. The minimum atomic E-state index is 0.588. The summed E-state index contributed by atoms with van der Waals surface area (Å²) in [5.74, 6) is 3.87. The molecule has 0 aromatic carbocycles. The van der Waals surface area contributed by atoms with Gasteiger partial charge in [0.05, 0.1) is 0 Å². The molecule has 0 aromatic rings. The third-order valence-corrected chi connectivity index (χ3v) is 2.49. The summed E-state index contributed by atoms with van der Waals surface area (Å²) in [5.41, 5.74) is 0. The Balaban J connectivity index is 2.21. The molecule has 68 valence electrons. The first-order valence-electron chi connectivity index (χ1n) is 4.53. The van der Waals surface area contributed by atoms with Gasteiger partial charge in [-0.25, -0.2) is 0 Å².